The quantitative estimate of drug-likeness (QED) is 0.752. The first-order valence-corrected chi connectivity index (χ1v) is 6.96. The number of nitrogens with zero attached hydrogens (tertiary/aromatic N) is 1. The molecule has 6 heteroatoms. The lowest BCUT2D eigenvalue weighted by molar-refractivity contribution is 0.281. The van der Waals surface area contributed by atoms with Gasteiger partial charge in [-0.15, -0.1) is 0 Å². The van der Waals surface area contributed by atoms with E-state index in [1.165, 1.54) is 6.26 Å². The fourth-order valence-electron chi connectivity index (χ4n) is 1.95. The number of aliphatic hydroxyl groups is 1. The van der Waals surface area contributed by atoms with Crippen molar-refractivity contribution in [2.45, 2.75) is 6.61 Å². The Morgan fingerprint density at radius 3 is 2.85 bits per heavy atom. The Balaban J connectivity index is 2.18. The Morgan fingerprint density at radius 2 is 2.15 bits per heavy atom. The highest BCUT2D eigenvalue weighted by atomic mass is 79.9. The van der Waals surface area contributed by atoms with E-state index in [9.17, 15) is 5.11 Å². The van der Waals surface area contributed by atoms with Gasteiger partial charge in [0.2, 0.25) is 0 Å². The van der Waals surface area contributed by atoms with Gasteiger partial charge in [-0.05, 0) is 30.3 Å². The van der Waals surface area contributed by atoms with Gasteiger partial charge in [-0.2, -0.15) is 0 Å². The van der Waals surface area contributed by atoms with Gasteiger partial charge in [-0.3, -0.25) is 0 Å². The van der Waals surface area contributed by atoms with E-state index in [2.05, 4.69) is 21.1 Å². The summed E-state index contributed by atoms with van der Waals surface area (Å²) in [5.74, 6) is 0.973. The molecular weight excluding hydrogens is 346 g/mol. The van der Waals surface area contributed by atoms with Gasteiger partial charge >= 0.3 is 0 Å². The largest absolute Gasteiger partial charge is 0.463 e. The topological polar surface area (TPSA) is 59.4 Å². The van der Waals surface area contributed by atoms with Crippen LogP contribution in [0.2, 0.25) is 5.02 Å². The zero-order valence-corrected chi connectivity index (χ0v) is 12.5. The maximum absolute atomic E-state index is 9.61. The second-order valence-electron chi connectivity index (χ2n) is 4.10. The lowest BCUT2D eigenvalue weighted by atomic mass is 10.1. The minimum atomic E-state index is -0.224. The van der Waals surface area contributed by atoms with Crippen molar-refractivity contribution in [3.8, 4) is 22.8 Å². The fraction of sp³-hybridized carbons (Fsp3) is 0.0714. The Labute approximate surface area is 128 Å². The van der Waals surface area contributed by atoms with Crippen LogP contribution < -0.4 is 0 Å². The molecule has 0 amide bonds. The van der Waals surface area contributed by atoms with E-state index in [4.69, 9.17) is 20.5 Å². The van der Waals surface area contributed by atoms with E-state index in [-0.39, 0.29) is 6.61 Å². The number of rotatable bonds is 3. The third-order valence-electron chi connectivity index (χ3n) is 2.87. The van der Waals surface area contributed by atoms with Crippen LogP contribution in [-0.4, -0.2) is 10.3 Å². The smallest absolute Gasteiger partial charge is 0.174 e. The van der Waals surface area contributed by atoms with Crippen LogP contribution in [0.15, 0.2) is 50.0 Å². The van der Waals surface area contributed by atoms with E-state index in [1.54, 1.807) is 18.2 Å². The zero-order valence-electron chi connectivity index (χ0n) is 10.1. The predicted octanol–water partition coefficient (Wildman–Crippen LogP) is 4.51. The summed E-state index contributed by atoms with van der Waals surface area (Å²) in [6.45, 7) is -0.224. The number of hydrogen-bond donors (Lipinski definition) is 1. The van der Waals surface area contributed by atoms with Crippen LogP contribution in [0.4, 0.5) is 0 Å². The molecule has 1 N–H and O–H groups in total. The molecule has 0 unspecified atom stereocenters. The lowest BCUT2D eigenvalue weighted by Gasteiger charge is -2.03. The van der Waals surface area contributed by atoms with Gasteiger partial charge in [0.1, 0.15) is 0 Å². The van der Waals surface area contributed by atoms with E-state index in [0.717, 1.165) is 4.47 Å². The normalized spacial score (nSPS) is 10.9. The summed E-state index contributed by atoms with van der Waals surface area (Å²) in [4.78, 5) is 0. The van der Waals surface area contributed by atoms with Crippen molar-refractivity contribution in [2.24, 2.45) is 0 Å². The van der Waals surface area contributed by atoms with Crippen molar-refractivity contribution in [3.05, 3.63) is 51.7 Å². The molecule has 2 heterocycles. The number of benzene rings is 1. The summed E-state index contributed by atoms with van der Waals surface area (Å²) in [5.41, 5.74) is 1.68. The Morgan fingerprint density at radius 1 is 1.30 bits per heavy atom. The van der Waals surface area contributed by atoms with Crippen LogP contribution >= 0.6 is 27.5 Å². The van der Waals surface area contributed by atoms with Crippen LogP contribution in [0.3, 0.4) is 0 Å². The Bertz CT molecular complexity index is 737. The first-order chi connectivity index (χ1) is 9.70. The van der Waals surface area contributed by atoms with Gasteiger partial charge in [-0.1, -0.05) is 32.7 Å². The molecule has 2 aromatic heterocycles. The van der Waals surface area contributed by atoms with Crippen molar-refractivity contribution in [1.29, 1.82) is 0 Å². The number of halogens is 2. The molecule has 0 radical (unpaired) electrons. The number of aliphatic hydroxyl groups excluding tert-OH is 1. The SMILES string of the molecule is OCc1c(-c2ccco2)noc1-c1cc(Br)ccc1Cl. The second kappa shape index (κ2) is 5.44. The van der Waals surface area contributed by atoms with Crippen molar-refractivity contribution in [2.75, 3.05) is 0 Å². The van der Waals surface area contributed by atoms with Crippen molar-refractivity contribution in [1.82, 2.24) is 5.16 Å². The van der Waals surface area contributed by atoms with Gasteiger partial charge in [0.05, 0.1) is 23.5 Å². The summed E-state index contributed by atoms with van der Waals surface area (Å²) in [7, 11) is 0. The molecule has 3 aromatic rings. The molecule has 0 spiro atoms. The number of hydrogen-bond acceptors (Lipinski definition) is 4. The molecule has 0 saturated heterocycles. The van der Waals surface area contributed by atoms with Gasteiger partial charge in [0, 0.05) is 10.0 Å². The fourth-order valence-corrected chi connectivity index (χ4v) is 2.51. The maximum Gasteiger partial charge on any atom is 0.174 e. The molecule has 4 nitrogen and oxygen atoms in total. The molecule has 102 valence electrons. The lowest BCUT2D eigenvalue weighted by Crippen LogP contribution is -1.89. The average molecular weight is 355 g/mol. The molecular formula is C14H9BrClNO3. The highest BCUT2D eigenvalue weighted by Gasteiger charge is 2.21. The molecule has 3 rings (SSSR count). The van der Waals surface area contributed by atoms with E-state index in [0.29, 0.717) is 33.4 Å². The van der Waals surface area contributed by atoms with Crippen LogP contribution in [-0.2, 0) is 6.61 Å². The van der Waals surface area contributed by atoms with Crippen LogP contribution in [0.5, 0.6) is 0 Å². The molecule has 0 fully saturated rings. The van der Waals surface area contributed by atoms with Crippen molar-refractivity contribution < 1.29 is 14.0 Å². The first kappa shape index (κ1) is 13.4. The monoisotopic (exact) mass is 353 g/mol. The zero-order chi connectivity index (χ0) is 14.1. The Kier molecular flexibility index (Phi) is 3.65. The molecule has 0 atom stereocenters. The van der Waals surface area contributed by atoms with E-state index >= 15 is 0 Å². The minimum absolute atomic E-state index is 0.224. The summed E-state index contributed by atoms with van der Waals surface area (Å²) in [6.07, 6.45) is 1.54. The summed E-state index contributed by atoms with van der Waals surface area (Å²) >= 11 is 9.56. The molecule has 0 aliphatic carbocycles. The van der Waals surface area contributed by atoms with E-state index < -0.39 is 0 Å². The molecule has 0 aliphatic heterocycles. The summed E-state index contributed by atoms with van der Waals surface area (Å²) < 4.78 is 11.5. The predicted molar refractivity (Wildman–Crippen MR) is 78.3 cm³/mol. The number of furan rings is 1. The Hall–Kier alpha value is -1.56. The van der Waals surface area contributed by atoms with Crippen molar-refractivity contribution in [3.63, 3.8) is 0 Å². The standard InChI is InChI=1S/C14H9BrClNO3/c15-8-3-4-11(16)9(6-8)14-10(7-18)13(17-20-14)12-2-1-5-19-12/h1-6,18H,7H2. The summed E-state index contributed by atoms with van der Waals surface area (Å²) in [5, 5.41) is 14.1. The molecule has 0 saturated carbocycles. The third-order valence-corrected chi connectivity index (χ3v) is 3.70. The van der Waals surface area contributed by atoms with Crippen LogP contribution in [0.1, 0.15) is 5.56 Å². The van der Waals surface area contributed by atoms with Crippen LogP contribution in [0.25, 0.3) is 22.8 Å². The first-order valence-electron chi connectivity index (χ1n) is 5.79. The van der Waals surface area contributed by atoms with Crippen molar-refractivity contribution >= 4 is 27.5 Å². The minimum Gasteiger partial charge on any atom is -0.463 e. The second-order valence-corrected chi connectivity index (χ2v) is 5.42. The average Bonchev–Trinajstić information content (AvgIpc) is 3.08. The molecule has 1 aromatic carbocycles. The molecule has 0 bridgehead atoms. The maximum atomic E-state index is 9.61. The van der Waals surface area contributed by atoms with E-state index in [1.807, 2.05) is 12.1 Å². The highest BCUT2D eigenvalue weighted by molar-refractivity contribution is 9.10. The van der Waals surface area contributed by atoms with Crippen LogP contribution in [0, 0.1) is 0 Å². The van der Waals surface area contributed by atoms with Gasteiger partial charge in [-0.25, -0.2) is 0 Å². The van der Waals surface area contributed by atoms with Gasteiger partial charge in [0.15, 0.2) is 17.2 Å². The number of aromatic nitrogens is 1. The third kappa shape index (κ3) is 2.28. The summed E-state index contributed by atoms with van der Waals surface area (Å²) in [6, 6.07) is 8.89. The van der Waals surface area contributed by atoms with Gasteiger partial charge in [0.25, 0.3) is 0 Å². The molecule has 0 aliphatic rings. The van der Waals surface area contributed by atoms with Gasteiger partial charge < -0.3 is 14.0 Å². The molecule has 20 heavy (non-hydrogen) atoms. The highest BCUT2D eigenvalue weighted by Crippen LogP contribution is 2.37.